The maximum absolute atomic E-state index is 4.92. The molecule has 0 atom stereocenters. The summed E-state index contributed by atoms with van der Waals surface area (Å²) in [5.74, 6) is 0. The third-order valence-electron chi connectivity index (χ3n) is 7.71. The number of rotatable bonds is 4. The van der Waals surface area contributed by atoms with Crippen molar-refractivity contribution >= 4 is 35.2 Å². The third kappa shape index (κ3) is 4.51. The molecule has 0 spiro atoms. The van der Waals surface area contributed by atoms with E-state index in [4.69, 9.17) is 4.99 Å². The minimum absolute atomic E-state index is 0.967. The summed E-state index contributed by atoms with van der Waals surface area (Å²) in [6.45, 7) is 4.22. The van der Waals surface area contributed by atoms with Crippen molar-refractivity contribution in [2.45, 2.75) is 46.0 Å². The van der Waals surface area contributed by atoms with E-state index < -0.39 is 0 Å². The fraction of sp³-hybridized carbons (Fsp3) is 0.194. The highest BCUT2D eigenvalue weighted by atomic mass is 14.7. The number of aliphatic imine (C=N–C) groups is 1. The van der Waals surface area contributed by atoms with Crippen molar-refractivity contribution in [3.63, 3.8) is 0 Å². The fourth-order valence-electron chi connectivity index (χ4n) is 5.80. The molecule has 3 aromatic rings. The number of benzene rings is 3. The number of nitrogens with zero attached hydrogens (tertiary/aromatic N) is 1. The van der Waals surface area contributed by atoms with Crippen LogP contribution in [0.2, 0.25) is 0 Å². The third-order valence-corrected chi connectivity index (χ3v) is 7.71. The van der Waals surface area contributed by atoms with Gasteiger partial charge in [0.15, 0.2) is 0 Å². The first-order chi connectivity index (χ1) is 18.2. The number of hydrogen-bond acceptors (Lipinski definition) is 1. The van der Waals surface area contributed by atoms with Gasteiger partial charge in [0.1, 0.15) is 0 Å². The van der Waals surface area contributed by atoms with E-state index in [0.717, 1.165) is 49.1 Å². The lowest BCUT2D eigenvalue weighted by Gasteiger charge is -2.23. The lowest BCUT2D eigenvalue weighted by atomic mass is 9.80. The molecule has 0 heterocycles. The zero-order valence-corrected chi connectivity index (χ0v) is 21.8. The van der Waals surface area contributed by atoms with Crippen LogP contribution in [0.5, 0.6) is 0 Å². The Kier molecular flexibility index (Phi) is 6.45. The molecule has 182 valence electrons. The van der Waals surface area contributed by atoms with E-state index in [1.54, 1.807) is 0 Å². The summed E-state index contributed by atoms with van der Waals surface area (Å²) < 4.78 is 0. The SMILES string of the molecule is CC(=Nc1ccccc1C)c1ccc(-c2c3c(c(C4=CCCC=C4)c4c2=CC=CCC=4)CCC=C3)cc1. The van der Waals surface area contributed by atoms with Crippen LogP contribution in [0, 0.1) is 6.92 Å². The molecular weight excluding hydrogens is 446 g/mol. The van der Waals surface area contributed by atoms with E-state index in [-0.39, 0.29) is 0 Å². The van der Waals surface area contributed by atoms with Gasteiger partial charge >= 0.3 is 0 Å². The monoisotopic (exact) mass is 479 g/mol. The van der Waals surface area contributed by atoms with Crippen LogP contribution < -0.4 is 10.4 Å². The molecule has 6 rings (SSSR count). The Morgan fingerprint density at radius 2 is 1.62 bits per heavy atom. The van der Waals surface area contributed by atoms with Crippen LogP contribution >= 0.6 is 0 Å². The van der Waals surface area contributed by atoms with Gasteiger partial charge < -0.3 is 0 Å². The Bertz CT molecular complexity index is 1640. The van der Waals surface area contributed by atoms with E-state index in [2.05, 4.69) is 117 Å². The summed E-state index contributed by atoms with van der Waals surface area (Å²) in [5, 5.41) is 2.74. The van der Waals surface area contributed by atoms with Gasteiger partial charge in [0.2, 0.25) is 0 Å². The summed E-state index contributed by atoms with van der Waals surface area (Å²) in [4.78, 5) is 4.92. The highest BCUT2D eigenvalue weighted by molar-refractivity contribution is 6.01. The summed E-state index contributed by atoms with van der Waals surface area (Å²) in [6, 6.07) is 17.3. The second kappa shape index (κ2) is 10.2. The lowest BCUT2D eigenvalue weighted by Crippen LogP contribution is -2.33. The summed E-state index contributed by atoms with van der Waals surface area (Å²) in [6.07, 6.45) is 26.5. The fourth-order valence-corrected chi connectivity index (χ4v) is 5.80. The van der Waals surface area contributed by atoms with Crippen molar-refractivity contribution in [1.29, 1.82) is 0 Å². The Hall–Kier alpha value is -3.97. The Balaban J connectivity index is 1.52. The van der Waals surface area contributed by atoms with Crippen LogP contribution in [-0.4, -0.2) is 5.71 Å². The van der Waals surface area contributed by atoms with Gasteiger partial charge in [-0.2, -0.15) is 0 Å². The molecular formula is C36H33N. The molecule has 1 nitrogen and oxygen atoms in total. The second-order valence-electron chi connectivity index (χ2n) is 10.1. The molecule has 0 amide bonds. The number of allylic oxidation sites excluding steroid dienone is 7. The summed E-state index contributed by atoms with van der Waals surface area (Å²) in [5.41, 5.74) is 12.8. The average molecular weight is 480 g/mol. The minimum Gasteiger partial charge on any atom is -0.253 e. The van der Waals surface area contributed by atoms with Gasteiger partial charge in [-0.05, 0) is 107 Å². The van der Waals surface area contributed by atoms with Gasteiger partial charge in [-0.1, -0.05) is 97.1 Å². The van der Waals surface area contributed by atoms with Crippen LogP contribution in [0.1, 0.15) is 60.4 Å². The Morgan fingerprint density at radius 3 is 2.43 bits per heavy atom. The van der Waals surface area contributed by atoms with Gasteiger partial charge in [0.25, 0.3) is 0 Å². The number of para-hydroxylation sites is 1. The van der Waals surface area contributed by atoms with Crippen LogP contribution in [-0.2, 0) is 6.42 Å². The van der Waals surface area contributed by atoms with Gasteiger partial charge in [-0.25, -0.2) is 0 Å². The lowest BCUT2D eigenvalue weighted by molar-refractivity contribution is 0.973. The molecule has 3 aliphatic carbocycles. The van der Waals surface area contributed by atoms with E-state index in [0.29, 0.717) is 0 Å². The van der Waals surface area contributed by atoms with Crippen molar-refractivity contribution < 1.29 is 0 Å². The molecule has 37 heavy (non-hydrogen) atoms. The first kappa shape index (κ1) is 23.4. The Labute approximate surface area is 220 Å². The highest BCUT2D eigenvalue weighted by Gasteiger charge is 2.21. The molecule has 3 aromatic carbocycles. The molecule has 0 saturated carbocycles. The zero-order chi connectivity index (χ0) is 25.2. The van der Waals surface area contributed by atoms with Gasteiger partial charge in [0, 0.05) is 5.71 Å². The standard InChI is InChI=1S/C36H33N/c1-25-13-9-12-20-34(25)37-26(2)27-21-23-29(24-22-27)36-31-17-8-4-7-16-30(31)35(28-14-5-3-6-15-28)32-18-10-11-19-33(32)36/h4-5,8-9,11-17,19-24H,3,6-7,10,18H2,1-2H3. The highest BCUT2D eigenvalue weighted by Crippen LogP contribution is 2.33. The van der Waals surface area contributed by atoms with Crippen LogP contribution in [0.4, 0.5) is 5.69 Å². The maximum atomic E-state index is 4.92. The van der Waals surface area contributed by atoms with Crippen LogP contribution in [0.25, 0.3) is 34.9 Å². The van der Waals surface area contributed by atoms with E-state index in [9.17, 15) is 0 Å². The molecule has 0 bridgehead atoms. The van der Waals surface area contributed by atoms with Crippen LogP contribution in [0.3, 0.4) is 0 Å². The predicted molar refractivity (Wildman–Crippen MR) is 161 cm³/mol. The smallest absolute Gasteiger partial charge is 0.0662 e. The molecule has 0 unspecified atom stereocenters. The topological polar surface area (TPSA) is 12.4 Å². The van der Waals surface area contributed by atoms with Crippen molar-refractivity contribution in [2.24, 2.45) is 4.99 Å². The van der Waals surface area contributed by atoms with Gasteiger partial charge in [0.05, 0.1) is 5.69 Å². The van der Waals surface area contributed by atoms with E-state index >= 15 is 0 Å². The van der Waals surface area contributed by atoms with Gasteiger partial charge in [-0.3, -0.25) is 4.99 Å². The minimum atomic E-state index is 0.967. The molecule has 0 fully saturated rings. The largest absolute Gasteiger partial charge is 0.253 e. The first-order valence-corrected chi connectivity index (χ1v) is 13.5. The maximum Gasteiger partial charge on any atom is 0.0662 e. The van der Waals surface area contributed by atoms with E-state index in [1.807, 2.05) is 0 Å². The van der Waals surface area contributed by atoms with Crippen molar-refractivity contribution in [1.82, 2.24) is 0 Å². The van der Waals surface area contributed by atoms with Crippen molar-refractivity contribution in [3.8, 4) is 11.1 Å². The van der Waals surface area contributed by atoms with Crippen molar-refractivity contribution in [2.75, 3.05) is 0 Å². The first-order valence-electron chi connectivity index (χ1n) is 13.5. The molecule has 0 aliphatic heterocycles. The normalized spacial score (nSPS) is 16.3. The average Bonchev–Trinajstić information content (AvgIpc) is 3.19. The molecule has 0 N–H and O–H groups in total. The summed E-state index contributed by atoms with van der Waals surface area (Å²) >= 11 is 0. The second-order valence-corrected chi connectivity index (χ2v) is 10.1. The molecule has 0 saturated heterocycles. The summed E-state index contributed by atoms with van der Waals surface area (Å²) in [7, 11) is 0. The quantitative estimate of drug-likeness (QED) is 0.336. The molecule has 0 aromatic heterocycles. The van der Waals surface area contributed by atoms with Gasteiger partial charge in [-0.15, -0.1) is 0 Å². The zero-order valence-electron chi connectivity index (χ0n) is 21.8. The molecule has 3 aliphatic rings. The number of hydrogen-bond donors (Lipinski definition) is 0. The van der Waals surface area contributed by atoms with E-state index in [1.165, 1.54) is 49.4 Å². The molecule has 1 heteroatoms. The Morgan fingerprint density at radius 1 is 0.784 bits per heavy atom. The number of aryl methyl sites for hydroxylation is 1. The van der Waals surface area contributed by atoms with Crippen LogP contribution in [0.15, 0.2) is 90.0 Å². The molecule has 0 radical (unpaired) electrons. The van der Waals surface area contributed by atoms with Crippen molar-refractivity contribution in [3.05, 3.63) is 123 Å². The predicted octanol–water partition coefficient (Wildman–Crippen LogP) is 8.02. The number of fused-ring (bicyclic) bond motifs is 2.